The van der Waals surface area contributed by atoms with E-state index in [2.05, 4.69) is 14.8 Å². The Morgan fingerprint density at radius 2 is 2.05 bits per heavy atom. The molecule has 0 aliphatic heterocycles. The Labute approximate surface area is 111 Å². The molecule has 9 heteroatoms. The normalized spacial score (nSPS) is 10.3. The van der Waals surface area contributed by atoms with E-state index in [4.69, 9.17) is 4.74 Å². The first-order valence-electron chi connectivity index (χ1n) is 5.33. The van der Waals surface area contributed by atoms with Gasteiger partial charge in [-0.25, -0.2) is 13.6 Å². The van der Waals surface area contributed by atoms with Crippen molar-refractivity contribution in [1.82, 2.24) is 14.9 Å². The molecule has 1 heterocycles. The van der Waals surface area contributed by atoms with Crippen molar-refractivity contribution in [2.75, 3.05) is 13.7 Å². The van der Waals surface area contributed by atoms with Gasteiger partial charge < -0.3 is 14.7 Å². The van der Waals surface area contributed by atoms with Crippen LogP contribution in [0, 0.1) is 11.6 Å². The molecule has 1 N–H and O–H groups in total. The second kappa shape index (κ2) is 5.51. The van der Waals surface area contributed by atoms with Crippen LogP contribution in [0.25, 0.3) is 11.4 Å². The van der Waals surface area contributed by atoms with Crippen molar-refractivity contribution in [1.29, 1.82) is 0 Å². The quantitative estimate of drug-likeness (QED) is 0.666. The number of nitrogens with zero attached hydrogens (tertiary/aromatic N) is 3. The molecule has 0 bridgehead atoms. The summed E-state index contributed by atoms with van der Waals surface area (Å²) in [5.41, 5.74) is -0.560. The van der Waals surface area contributed by atoms with Gasteiger partial charge in [-0.1, -0.05) is 16.0 Å². The summed E-state index contributed by atoms with van der Waals surface area (Å²) in [5.74, 6) is -3.03. The minimum atomic E-state index is -0.924. The van der Waals surface area contributed by atoms with Gasteiger partial charge in [-0.3, -0.25) is 0 Å². The summed E-state index contributed by atoms with van der Waals surface area (Å²) in [6.07, 6.45) is 0. The van der Waals surface area contributed by atoms with E-state index in [0.29, 0.717) is 0 Å². The monoisotopic (exact) mass is 285 g/mol. The van der Waals surface area contributed by atoms with Crippen molar-refractivity contribution in [3.05, 3.63) is 29.8 Å². The number of methoxy groups -OCH3 is 1. The lowest BCUT2D eigenvalue weighted by Gasteiger charge is -2.01. The summed E-state index contributed by atoms with van der Waals surface area (Å²) in [6.45, 7) is -0.500. The van der Waals surface area contributed by atoms with Crippen molar-refractivity contribution in [2.24, 2.45) is 0 Å². The van der Waals surface area contributed by atoms with Crippen LogP contribution < -0.4 is 4.74 Å². The standard InChI is InChI=1S/C11H9F2N3O4/c1-19-8(17)5-20-11-14-10(16(18)15-11)9-6(12)3-2-4-7(9)13/h2-4,18H,5H2,1H3. The summed E-state index contributed by atoms with van der Waals surface area (Å²) in [6, 6.07) is 2.75. The van der Waals surface area contributed by atoms with Crippen LogP contribution in [0.1, 0.15) is 0 Å². The average molecular weight is 285 g/mol. The van der Waals surface area contributed by atoms with E-state index >= 15 is 0 Å². The maximum atomic E-state index is 13.5. The lowest BCUT2D eigenvalue weighted by molar-refractivity contribution is -0.143. The minimum absolute atomic E-state index is 0.161. The van der Waals surface area contributed by atoms with Gasteiger partial charge in [0, 0.05) is 0 Å². The van der Waals surface area contributed by atoms with Gasteiger partial charge in [0.25, 0.3) is 0 Å². The van der Waals surface area contributed by atoms with Crippen LogP contribution in [0.3, 0.4) is 0 Å². The zero-order valence-corrected chi connectivity index (χ0v) is 10.2. The molecule has 0 amide bonds. The number of rotatable bonds is 4. The Morgan fingerprint density at radius 1 is 1.40 bits per heavy atom. The SMILES string of the molecule is COC(=O)COc1nc(-c2c(F)cccc2F)n(O)n1. The molecule has 2 aromatic rings. The number of carbonyl (C=O) groups excluding carboxylic acids is 1. The molecule has 20 heavy (non-hydrogen) atoms. The third-order valence-corrected chi connectivity index (χ3v) is 2.30. The molecular formula is C11H9F2N3O4. The number of hydrogen-bond acceptors (Lipinski definition) is 6. The second-order valence-electron chi connectivity index (χ2n) is 3.57. The molecule has 0 spiro atoms. The number of benzene rings is 1. The molecule has 0 atom stereocenters. The Balaban J connectivity index is 2.30. The molecule has 7 nitrogen and oxygen atoms in total. The predicted octanol–water partition coefficient (Wildman–Crippen LogP) is 1.01. The maximum absolute atomic E-state index is 13.5. The van der Waals surface area contributed by atoms with Gasteiger partial charge in [0.2, 0.25) is 5.82 Å². The van der Waals surface area contributed by atoms with E-state index < -0.39 is 41.6 Å². The first-order valence-corrected chi connectivity index (χ1v) is 5.33. The van der Waals surface area contributed by atoms with Crippen molar-refractivity contribution in [2.45, 2.75) is 0 Å². The van der Waals surface area contributed by atoms with Crippen LogP contribution in [-0.2, 0) is 9.53 Å². The van der Waals surface area contributed by atoms with Gasteiger partial charge in [0.1, 0.15) is 11.6 Å². The Kier molecular flexibility index (Phi) is 3.78. The van der Waals surface area contributed by atoms with E-state index in [9.17, 15) is 18.8 Å². The van der Waals surface area contributed by atoms with Crippen LogP contribution >= 0.6 is 0 Å². The van der Waals surface area contributed by atoms with E-state index in [1.165, 1.54) is 6.07 Å². The second-order valence-corrected chi connectivity index (χ2v) is 3.57. The minimum Gasteiger partial charge on any atom is -0.466 e. The van der Waals surface area contributed by atoms with Crippen molar-refractivity contribution in [3.63, 3.8) is 0 Å². The molecule has 0 saturated carbocycles. The predicted molar refractivity (Wildman–Crippen MR) is 60.1 cm³/mol. The highest BCUT2D eigenvalue weighted by Gasteiger charge is 2.20. The smallest absolute Gasteiger partial charge is 0.344 e. The summed E-state index contributed by atoms with van der Waals surface area (Å²) < 4.78 is 36.2. The van der Waals surface area contributed by atoms with Gasteiger partial charge in [0.05, 0.1) is 12.7 Å². The fourth-order valence-corrected chi connectivity index (χ4v) is 1.40. The summed E-state index contributed by atoms with van der Waals surface area (Å²) >= 11 is 0. The lowest BCUT2D eigenvalue weighted by Crippen LogP contribution is -2.13. The van der Waals surface area contributed by atoms with Crippen LogP contribution in [-0.4, -0.2) is 39.8 Å². The first kappa shape index (κ1) is 13.7. The number of esters is 1. The first-order chi connectivity index (χ1) is 9.52. The average Bonchev–Trinajstić information content (AvgIpc) is 2.77. The number of hydrogen-bond donors (Lipinski definition) is 1. The van der Waals surface area contributed by atoms with E-state index in [0.717, 1.165) is 19.2 Å². The molecule has 1 aromatic heterocycles. The van der Waals surface area contributed by atoms with Crippen LogP contribution in [0.15, 0.2) is 18.2 Å². The van der Waals surface area contributed by atoms with Gasteiger partial charge in [-0.05, 0) is 12.1 Å². The van der Waals surface area contributed by atoms with Crippen LogP contribution in [0.4, 0.5) is 8.78 Å². The lowest BCUT2D eigenvalue weighted by atomic mass is 10.2. The zero-order valence-electron chi connectivity index (χ0n) is 10.2. The summed E-state index contributed by atoms with van der Waals surface area (Å²) in [4.78, 5) is 14.6. The topological polar surface area (TPSA) is 86.5 Å². The van der Waals surface area contributed by atoms with Crippen molar-refractivity contribution < 1.29 is 28.3 Å². The number of carbonyl (C=O) groups is 1. The molecule has 0 radical (unpaired) electrons. The van der Waals surface area contributed by atoms with E-state index in [1.54, 1.807) is 0 Å². The number of ether oxygens (including phenoxy) is 2. The summed E-state index contributed by atoms with van der Waals surface area (Å²) in [7, 11) is 1.16. The Hall–Kier alpha value is -2.71. The van der Waals surface area contributed by atoms with E-state index in [1.807, 2.05) is 0 Å². The number of aromatic nitrogens is 3. The van der Waals surface area contributed by atoms with Crippen LogP contribution in [0.2, 0.25) is 0 Å². The van der Waals surface area contributed by atoms with E-state index in [-0.39, 0.29) is 4.85 Å². The molecule has 2 rings (SSSR count). The van der Waals surface area contributed by atoms with Gasteiger partial charge in [-0.2, -0.15) is 4.98 Å². The third-order valence-electron chi connectivity index (χ3n) is 2.30. The Bertz CT molecular complexity index is 624. The van der Waals surface area contributed by atoms with Crippen molar-refractivity contribution in [3.8, 4) is 17.4 Å². The fraction of sp³-hybridized carbons (Fsp3) is 0.182. The molecule has 0 saturated heterocycles. The van der Waals surface area contributed by atoms with Gasteiger partial charge >= 0.3 is 12.0 Å². The molecule has 1 aromatic carbocycles. The highest BCUT2D eigenvalue weighted by atomic mass is 19.1. The molecule has 0 aliphatic carbocycles. The molecule has 0 fully saturated rings. The maximum Gasteiger partial charge on any atom is 0.344 e. The third kappa shape index (κ3) is 2.66. The van der Waals surface area contributed by atoms with Gasteiger partial charge in [-0.15, -0.1) is 0 Å². The fourth-order valence-electron chi connectivity index (χ4n) is 1.40. The number of halogens is 2. The largest absolute Gasteiger partial charge is 0.466 e. The molecule has 0 unspecified atom stereocenters. The highest BCUT2D eigenvalue weighted by molar-refractivity contribution is 5.70. The molecular weight excluding hydrogens is 276 g/mol. The van der Waals surface area contributed by atoms with Gasteiger partial charge in [0.15, 0.2) is 6.61 Å². The molecule has 106 valence electrons. The van der Waals surface area contributed by atoms with Crippen LogP contribution in [0.5, 0.6) is 6.01 Å². The highest BCUT2D eigenvalue weighted by Crippen LogP contribution is 2.25. The molecule has 0 aliphatic rings. The zero-order chi connectivity index (χ0) is 14.7. The summed E-state index contributed by atoms with van der Waals surface area (Å²) in [5, 5.41) is 12.8. The Morgan fingerprint density at radius 3 is 2.65 bits per heavy atom. The van der Waals surface area contributed by atoms with Crippen molar-refractivity contribution >= 4 is 5.97 Å².